The van der Waals surface area contributed by atoms with Crippen LogP contribution in [0.25, 0.3) is 0 Å². The van der Waals surface area contributed by atoms with Gasteiger partial charge in [0.05, 0.1) is 11.1 Å². The first-order chi connectivity index (χ1) is 9.40. The fourth-order valence-corrected chi connectivity index (χ4v) is 1.66. The van der Waals surface area contributed by atoms with Gasteiger partial charge in [-0.2, -0.15) is 0 Å². The van der Waals surface area contributed by atoms with Crippen LogP contribution in [0.4, 0.5) is 5.69 Å². The number of amides is 1. The van der Waals surface area contributed by atoms with Gasteiger partial charge in [0.15, 0.2) is 0 Å². The number of aliphatic carboxylic acids is 1. The lowest BCUT2D eigenvalue weighted by Crippen LogP contribution is -2.26. The molecule has 8 nitrogen and oxygen atoms in total. The van der Waals surface area contributed by atoms with E-state index in [0.717, 1.165) is 6.20 Å². The normalized spacial score (nSPS) is 11.8. The third-order valence-electron chi connectivity index (χ3n) is 2.90. The van der Waals surface area contributed by atoms with E-state index in [1.165, 1.54) is 6.07 Å². The number of carbonyl (C=O) groups excluding carboxylic acids is 1. The van der Waals surface area contributed by atoms with Crippen molar-refractivity contribution >= 4 is 17.6 Å². The molecule has 1 heterocycles. The van der Waals surface area contributed by atoms with Crippen molar-refractivity contribution in [3.63, 3.8) is 0 Å². The predicted octanol–water partition coefficient (Wildman–Crippen LogP) is 1.54. The molecule has 0 aromatic carbocycles. The monoisotopic (exact) mass is 283 g/mol. The highest BCUT2D eigenvalue weighted by Crippen LogP contribution is 2.12. The van der Waals surface area contributed by atoms with Gasteiger partial charge in [0.25, 0.3) is 11.6 Å². The highest BCUT2D eigenvalue weighted by Gasteiger charge is 2.14. The number of hydrogen-bond acceptors (Lipinski definition) is 4. The highest BCUT2D eigenvalue weighted by atomic mass is 16.6. The van der Waals surface area contributed by atoms with Crippen molar-refractivity contribution < 1.29 is 19.6 Å². The molecule has 1 rings (SSSR count). The number of carbonyl (C=O) groups is 2. The minimum absolute atomic E-state index is 0.109. The minimum Gasteiger partial charge on any atom is -0.481 e. The molecule has 3 N–H and O–H groups in total. The van der Waals surface area contributed by atoms with Gasteiger partial charge in [-0.3, -0.25) is 19.7 Å². The van der Waals surface area contributed by atoms with Gasteiger partial charge in [-0.05, 0) is 18.8 Å². The molecule has 110 valence electrons. The molecule has 0 radical (unpaired) electrons. The fraction of sp³-hybridized carbons (Fsp3) is 0.500. The third kappa shape index (κ3) is 5.09. The molecule has 0 spiro atoms. The number of nitrogens with zero attached hydrogens (tertiary/aromatic N) is 1. The van der Waals surface area contributed by atoms with Gasteiger partial charge in [0.2, 0.25) is 0 Å². The van der Waals surface area contributed by atoms with Crippen LogP contribution in [0.3, 0.4) is 0 Å². The van der Waals surface area contributed by atoms with Crippen LogP contribution in [0.1, 0.15) is 36.7 Å². The number of H-pyrrole nitrogens is 1. The Balaban J connectivity index is 2.32. The molecule has 0 saturated carbocycles. The lowest BCUT2D eigenvalue weighted by atomic mass is 10.0. The largest absolute Gasteiger partial charge is 0.481 e. The number of nitrogens with one attached hydrogen (secondary N) is 2. The summed E-state index contributed by atoms with van der Waals surface area (Å²) in [5, 5.41) is 21.6. The molecule has 0 saturated heterocycles. The molecule has 1 aromatic heterocycles. The molecule has 1 unspecified atom stereocenters. The van der Waals surface area contributed by atoms with Crippen LogP contribution >= 0.6 is 0 Å². The van der Waals surface area contributed by atoms with E-state index in [-0.39, 0.29) is 23.7 Å². The lowest BCUT2D eigenvalue weighted by molar-refractivity contribution is -0.384. The Hall–Kier alpha value is -2.38. The Labute approximate surface area is 115 Å². The Bertz CT molecular complexity index is 497. The maximum Gasteiger partial charge on any atom is 0.303 e. The molecule has 0 bridgehead atoms. The van der Waals surface area contributed by atoms with Crippen LogP contribution in [-0.2, 0) is 4.79 Å². The van der Waals surface area contributed by atoms with Crippen molar-refractivity contribution in [3.8, 4) is 0 Å². The summed E-state index contributed by atoms with van der Waals surface area (Å²) in [5.74, 6) is -1.06. The van der Waals surface area contributed by atoms with E-state index >= 15 is 0 Å². The number of hydrogen-bond donors (Lipinski definition) is 3. The smallest absolute Gasteiger partial charge is 0.303 e. The Kier molecular flexibility index (Phi) is 5.70. The van der Waals surface area contributed by atoms with Gasteiger partial charge >= 0.3 is 5.97 Å². The highest BCUT2D eigenvalue weighted by molar-refractivity contribution is 5.93. The van der Waals surface area contributed by atoms with E-state index < -0.39 is 16.8 Å². The van der Waals surface area contributed by atoms with Crippen LogP contribution < -0.4 is 5.32 Å². The van der Waals surface area contributed by atoms with E-state index in [1.807, 2.05) is 6.92 Å². The summed E-state index contributed by atoms with van der Waals surface area (Å²) in [6, 6.07) is 1.17. The van der Waals surface area contributed by atoms with E-state index in [1.54, 1.807) is 0 Å². The Morgan fingerprint density at radius 2 is 2.20 bits per heavy atom. The van der Waals surface area contributed by atoms with Crippen LogP contribution in [0.15, 0.2) is 12.3 Å². The summed E-state index contributed by atoms with van der Waals surface area (Å²) in [7, 11) is 0. The van der Waals surface area contributed by atoms with Gasteiger partial charge in [0, 0.05) is 19.0 Å². The van der Waals surface area contributed by atoms with Crippen molar-refractivity contribution in [2.45, 2.75) is 26.2 Å². The van der Waals surface area contributed by atoms with Crippen LogP contribution in [0.5, 0.6) is 0 Å². The fourth-order valence-electron chi connectivity index (χ4n) is 1.66. The molecule has 8 heteroatoms. The van der Waals surface area contributed by atoms with Crippen molar-refractivity contribution in [1.29, 1.82) is 0 Å². The summed E-state index contributed by atoms with van der Waals surface area (Å²) < 4.78 is 0. The van der Waals surface area contributed by atoms with Crippen LogP contribution in [0, 0.1) is 16.0 Å². The molecule has 0 aliphatic carbocycles. The zero-order valence-electron chi connectivity index (χ0n) is 11.1. The lowest BCUT2D eigenvalue weighted by Gasteiger charge is -2.10. The summed E-state index contributed by atoms with van der Waals surface area (Å²) in [4.78, 5) is 34.5. The topological polar surface area (TPSA) is 125 Å². The van der Waals surface area contributed by atoms with Gasteiger partial charge in [0.1, 0.15) is 5.69 Å². The third-order valence-corrected chi connectivity index (χ3v) is 2.90. The molecule has 20 heavy (non-hydrogen) atoms. The second-order valence-corrected chi connectivity index (χ2v) is 4.61. The van der Waals surface area contributed by atoms with Crippen molar-refractivity contribution in [2.24, 2.45) is 5.92 Å². The summed E-state index contributed by atoms with van der Waals surface area (Å²) >= 11 is 0. The molecule has 1 amide bonds. The Morgan fingerprint density at radius 3 is 2.75 bits per heavy atom. The summed E-state index contributed by atoms with van der Waals surface area (Å²) in [6.45, 7) is 2.31. The average molecular weight is 283 g/mol. The van der Waals surface area contributed by atoms with Gasteiger partial charge in [-0.25, -0.2) is 0 Å². The number of nitro groups is 1. The molecular formula is C12H17N3O5. The van der Waals surface area contributed by atoms with Crippen molar-refractivity contribution in [2.75, 3.05) is 6.54 Å². The molecule has 1 atom stereocenters. The van der Waals surface area contributed by atoms with Crippen molar-refractivity contribution in [3.05, 3.63) is 28.1 Å². The zero-order valence-corrected chi connectivity index (χ0v) is 11.1. The maximum absolute atomic E-state index is 11.7. The molecular weight excluding hydrogens is 266 g/mol. The second kappa shape index (κ2) is 7.27. The number of aromatic nitrogens is 1. The minimum atomic E-state index is -0.834. The number of aromatic amines is 1. The van der Waals surface area contributed by atoms with Crippen LogP contribution in [0.2, 0.25) is 0 Å². The first kappa shape index (κ1) is 15.7. The van der Waals surface area contributed by atoms with Crippen molar-refractivity contribution in [1.82, 2.24) is 10.3 Å². The molecule has 0 aliphatic heterocycles. The molecule has 0 fully saturated rings. The summed E-state index contributed by atoms with van der Waals surface area (Å²) in [5.41, 5.74) is -0.0279. The first-order valence-corrected chi connectivity index (χ1v) is 6.23. The number of rotatable bonds is 8. The maximum atomic E-state index is 11.7. The molecule has 0 aliphatic rings. The molecule has 1 aromatic rings. The number of carboxylic acid groups (broad SMARTS) is 1. The van der Waals surface area contributed by atoms with E-state index in [4.69, 9.17) is 5.11 Å². The van der Waals surface area contributed by atoms with Gasteiger partial charge < -0.3 is 15.4 Å². The first-order valence-electron chi connectivity index (χ1n) is 6.23. The SMILES string of the molecule is CC(CCNC(=O)c1cc([N+](=O)[O-])c[nH]1)CCC(=O)O. The van der Waals surface area contributed by atoms with Crippen LogP contribution in [-0.4, -0.2) is 33.4 Å². The quantitative estimate of drug-likeness (QED) is 0.493. The Morgan fingerprint density at radius 1 is 1.50 bits per heavy atom. The van der Waals surface area contributed by atoms with Gasteiger partial charge in [-0.1, -0.05) is 6.92 Å². The second-order valence-electron chi connectivity index (χ2n) is 4.61. The van der Waals surface area contributed by atoms with E-state index in [9.17, 15) is 19.7 Å². The van der Waals surface area contributed by atoms with E-state index in [2.05, 4.69) is 10.3 Å². The predicted molar refractivity (Wildman–Crippen MR) is 70.4 cm³/mol. The summed E-state index contributed by atoms with van der Waals surface area (Å²) in [6.07, 6.45) is 2.48. The average Bonchev–Trinajstić information content (AvgIpc) is 2.86. The van der Waals surface area contributed by atoms with Gasteiger partial charge in [-0.15, -0.1) is 0 Å². The van der Waals surface area contributed by atoms with E-state index in [0.29, 0.717) is 19.4 Å². The standard InChI is InChI=1S/C12H17N3O5/c1-8(2-3-11(16)17)4-5-13-12(18)10-6-9(7-14-10)15(19)20/h6-8,14H,2-5H2,1H3,(H,13,18)(H,16,17). The number of carboxylic acids is 1. The zero-order chi connectivity index (χ0) is 15.1.